The molecule has 0 saturated heterocycles. The summed E-state index contributed by atoms with van der Waals surface area (Å²) in [4.78, 5) is 5.25. The molecule has 2 heterocycles. The summed E-state index contributed by atoms with van der Waals surface area (Å²) in [5.74, 6) is 0. The van der Waals surface area contributed by atoms with Crippen LogP contribution < -0.4 is 0 Å². The maximum Gasteiger partial charge on any atom is 0.433 e. The van der Waals surface area contributed by atoms with Gasteiger partial charge in [-0.3, -0.25) is 10.4 Å². The van der Waals surface area contributed by atoms with Crippen LogP contribution in [0.4, 0.5) is 13.2 Å². The third-order valence-electron chi connectivity index (χ3n) is 3.86. The molecule has 0 radical (unpaired) electrons. The number of halogens is 3. The molecule has 27 heavy (non-hydrogen) atoms. The molecule has 0 aliphatic carbocycles. The maximum atomic E-state index is 13.0. The lowest BCUT2D eigenvalue weighted by Crippen LogP contribution is -2.23. The minimum absolute atomic E-state index is 0.155. The van der Waals surface area contributed by atoms with Crippen LogP contribution in [-0.4, -0.2) is 23.1 Å². The van der Waals surface area contributed by atoms with Gasteiger partial charge in [-0.05, 0) is 42.2 Å². The fourth-order valence-corrected chi connectivity index (χ4v) is 4.20. The van der Waals surface area contributed by atoms with E-state index < -0.39 is 17.5 Å². The molecule has 0 atom stereocenters. The van der Waals surface area contributed by atoms with Gasteiger partial charge >= 0.3 is 6.18 Å². The summed E-state index contributed by atoms with van der Waals surface area (Å²) in [7, 11) is 0. The summed E-state index contributed by atoms with van der Waals surface area (Å²) in [6, 6.07) is 12.0. The van der Waals surface area contributed by atoms with Crippen molar-refractivity contribution in [2.45, 2.75) is 10.4 Å². The Morgan fingerprint density at radius 2 is 2.04 bits per heavy atom. The monoisotopic (exact) mass is 403 g/mol. The van der Waals surface area contributed by atoms with E-state index in [4.69, 9.17) is 10.7 Å². The topological polar surface area (TPSA) is 60.5 Å². The molecular weight excluding hydrogens is 391 g/mol. The Balaban J connectivity index is 2.19. The van der Waals surface area contributed by atoms with Crippen molar-refractivity contribution in [2.24, 2.45) is 0 Å². The first kappa shape index (κ1) is 19.1. The Bertz CT molecular complexity index is 1090. The van der Waals surface area contributed by atoms with Crippen LogP contribution in [0.15, 0.2) is 52.9 Å². The average molecular weight is 403 g/mol. The second-order valence-electron chi connectivity index (χ2n) is 5.47. The van der Waals surface area contributed by atoms with E-state index in [0.29, 0.717) is 10.9 Å². The molecule has 0 spiro atoms. The van der Waals surface area contributed by atoms with Crippen molar-refractivity contribution in [2.75, 3.05) is 6.26 Å². The Kier molecular flexibility index (Phi) is 5.35. The van der Waals surface area contributed by atoms with Crippen molar-refractivity contribution in [1.82, 2.24) is 4.98 Å². The zero-order valence-electron chi connectivity index (χ0n) is 14.0. The molecular formula is C19H12F3N3S2. The lowest BCUT2D eigenvalue weighted by atomic mass is 9.97. The first-order valence-corrected chi connectivity index (χ1v) is 9.68. The van der Waals surface area contributed by atoms with Gasteiger partial charge in [-0.15, -0.1) is 23.1 Å². The number of pyridine rings is 1. The highest BCUT2D eigenvalue weighted by atomic mass is 32.2. The fourth-order valence-electron chi connectivity index (χ4n) is 2.62. The van der Waals surface area contributed by atoms with Crippen LogP contribution in [0.1, 0.15) is 5.56 Å². The average Bonchev–Trinajstić information content (AvgIpc) is 3.13. The van der Waals surface area contributed by atoms with Gasteiger partial charge in [0.15, 0.2) is 0 Å². The van der Waals surface area contributed by atoms with Crippen molar-refractivity contribution in [1.29, 1.82) is 10.7 Å². The second kappa shape index (κ2) is 7.55. The summed E-state index contributed by atoms with van der Waals surface area (Å²) in [6.07, 6.45) is -0.458. The summed E-state index contributed by atoms with van der Waals surface area (Å²) in [5.41, 5.74) is -0.373. The number of fused-ring (bicyclic) bond motifs is 1. The quantitative estimate of drug-likeness (QED) is 0.322. The number of nitriles is 1. The zero-order valence-corrected chi connectivity index (χ0v) is 15.6. The number of thioether (sulfide) groups is 1. The summed E-state index contributed by atoms with van der Waals surface area (Å²) in [5, 5.41) is 17.0. The molecule has 0 aliphatic heterocycles. The number of nitrogens with one attached hydrogen (secondary N) is 1. The number of aromatic nitrogens is 1. The molecule has 0 unspecified atom stereocenters. The highest BCUT2D eigenvalue weighted by molar-refractivity contribution is 8.00. The smallest absolute Gasteiger partial charge is 0.296 e. The third-order valence-corrected chi connectivity index (χ3v) is 6.06. The van der Waals surface area contributed by atoms with Crippen molar-refractivity contribution >= 4 is 45.3 Å². The third kappa shape index (κ3) is 3.89. The minimum atomic E-state index is -4.84. The van der Waals surface area contributed by atoms with Gasteiger partial charge in [0.2, 0.25) is 0 Å². The Labute approximate surface area is 161 Å². The van der Waals surface area contributed by atoms with E-state index in [1.807, 2.05) is 24.5 Å². The van der Waals surface area contributed by atoms with Gasteiger partial charge in [0.1, 0.15) is 5.71 Å². The normalized spacial score (nSPS) is 12.2. The lowest BCUT2D eigenvalue weighted by molar-refractivity contribution is -0.0578. The molecule has 0 amide bonds. The van der Waals surface area contributed by atoms with Gasteiger partial charge in [0.05, 0.1) is 15.8 Å². The number of hydrogen-bond donors (Lipinski definition) is 1. The van der Waals surface area contributed by atoms with Crippen LogP contribution in [0.5, 0.6) is 0 Å². The van der Waals surface area contributed by atoms with Crippen LogP contribution in [-0.2, 0) is 0 Å². The highest BCUT2D eigenvalue weighted by Gasteiger charge is 2.37. The Morgan fingerprint density at radius 1 is 1.26 bits per heavy atom. The number of rotatable bonds is 4. The van der Waals surface area contributed by atoms with Gasteiger partial charge in [-0.25, -0.2) is 0 Å². The highest BCUT2D eigenvalue weighted by Crippen LogP contribution is 2.37. The summed E-state index contributed by atoms with van der Waals surface area (Å²) >= 11 is 3.20. The van der Waals surface area contributed by atoms with E-state index in [-0.39, 0.29) is 5.56 Å². The molecule has 3 rings (SSSR count). The molecule has 8 heteroatoms. The Hall–Kier alpha value is -2.63. The lowest BCUT2D eigenvalue weighted by Gasteiger charge is -2.13. The van der Waals surface area contributed by atoms with Crippen LogP contribution in [0, 0.1) is 16.7 Å². The minimum Gasteiger partial charge on any atom is -0.296 e. The zero-order chi connectivity index (χ0) is 19.6. The molecule has 0 bridgehead atoms. The number of nitrogens with zero attached hydrogens (tertiary/aromatic N) is 2. The second-order valence-corrected chi connectivity index (χ2v) is 7.66. The number of thiophene rings is 1. The molecule has 136 valence electrons. The van der Waals surface area contributed by atoms with E-state index in [9.17, 15) is 13.2 Å². The van der Waals surface area contributed by atoms with E-state index in [0.717, 1.165) is 20.7 Å². The first-order valence-electron chi connectivity index (χ1n) is 7.64. The van der Waals surface area contributed by atoms with E-state index in [1.54, 1.807) is 47.5 Å². The van der Waals surface area contributed by atoms with E-state index in [1.165, 1.54) is 6.07 Å². The number of allylic oxidation sites excluding steroid dienone is 2. The molecule has 0 saturated carbocycles. The molecule has 3 nitrogen and oxygen atoms in total. The number of hydrogen-bond acceptors (Lipinski definition) is 5. The van der Waals surface area contributed by atoms with Gasteiger partial charge in [-0.1, -0.05) is 6.07 Å². The number of alkyl halides is 3. The van der Waals surface area contributed by atoms with Crippen molar-refractivity contribution in [3.05, 3.63) is 54.2 Å². The summed E-state index contributed by atoms with van der Waals surface area (Å²) in [6.45, 7) is 0. The fraction of sp³-hybridized carbons (Fsp3) is 0.105. The predicted octanol–water partition coefficient (Wildman–Crippen LogP) is 6.17. The molecule has 1 N–H and O–H groups in total. The van der Waals surface area contributed by atoms with E-state index in [2.05, 4.69) is 4.98 Å². The van der Waals surface area contributed by atoms with Gasteiger partial charge in [0, 0.05) is 33.7 Å². The van der Waals surface area contributed by atoms with Crippen molar-refractivity contribution in [3.8, 4) is 16.5 Å². The summed E-state index contributed by atoms with van der Waals surface area (Å²) < 4.78 is 40.2. The van der Waals surface area contributed by atoms with Gasteiger partial charge in [-0.2, -0.15) is 18.4 Å². The molecule has 0 fully saturated rings. The predicted molar refractivity (Wildman–Crippen MR) is 104 cm³/mol. The maximum absolute atomic E-state index is 13.0. The molecule has 1 aromatic carbocycles. The van der Waals surface area contributed by atoms with Crippen LogP contribution in [0.3, 0.4) is 0 Å². The van der Waals surface area contributed by atoms with Crippen LogP contribution in [0.2, 0.25) is 0 Å². The van der Waals surface area contributed by atoms with Crippen LogP contribution >= 0.6 is 23.1 Å². The first-order chi connectivity index (χ1) is 12.8. The van der Waals surface area contributed by atoms with Crippen LogP contribution in [0.25, 0.3) is 26.9 Å². The standard InChI is InChI=1S/C19H12F3N3S2/c1-26-17-5-4-16(27-17)13-7-9-25-15-3-2-11(10-14(13)15)12(6-8-23)18(24)19(20,21)22/h2-7,9-10,24H,1H3/b12-6-,24-18?. The van der Waals surface area contributed by atoms with Gasteiger partial charge < -0.3 is 0 Å². The molecule has 2 aromatic heterocycles. The van der Waals surface area contributed by atoms with Crippen molar-refractivity contribution in [3.63, 3.8) is 0 Å². The van der Waals surface area contributed by atoms with Crippen molar-refractivity contribution < 1.29 is 13.2 Å². The Morgan fingerprint density at radius 3 is 2.67 bits per heavy atom. The SMILES string of the molecule is CSc1ccc(-c2ccnc3ccc(/C(=C/C#N)C(=N)C(F)(F)F)cc23)s1. The largest absolute Gasteiger partial charge is 0.433 e. The van der Waals surface area contributed by atoms with E-state index >= 15 is 0 Å². The van der Waals surface area contributed by atoms with Gasteiger partial charge in [0.25, 0.3) is 0 Å². The molecule has 3 aromatic rings. The number of benzene rings is 1. The molecule has 0 aliphatic rings.